The van der Waals surface area contributed by atoms with E-state index in [0.717, 1.165) is 37.9 Å². The van der Waals surface area contributed by atoms with Crippen LogP contribution in [0.25, 0.3) is 0 Å². The molecule has 10 heteroatoms. The van der Waals surface area contributed by atoms with Crippen LogP contribution in [0.2, 0.25) is 0 Å². The van der Waals surface area contributed by atoms with E-state index in [0.29, 0.717) is 18.4 Å². The molecule has 2 heterocycles. The molecule has 4 rings (SSSR count). The number of nitrogens with zero attached hydrogens (tertiary/aromatic N) is 2. The molecule has 0 aromatic carbocycles. The van der Waals surface area contributed by atoms with E-state index in [1.807, 2.05) is 17.0 Å². The number of aliphatic carboxylic acids is 1. The second-order valence-electron chi connectivity index (χ2n) is 8.92. The lowest BCUT2D eigenvalue weighted by atomic mass is 10.0. The zero-order chi connectivity index (χ0) is 23.4. The summed E-state index contributed by atoms with van der Waals surface area (Å²) in [5.74, 6) is -1.62. The summed E-state index contributed by atoms with van der Waals surface area (Å²) in [5, 5.41) is 10.2. The fourth-order valence-electron chi connectivity index (χ4n) is 4.68. The van der Waals surface area contributed by atoms with Crippen molar-refractivity contribution < 1.29 is 32.7 Å². The highest BCUT2D eigenvalue weighted by molar-refractivity contribution is 5.83. The van der Waals surface area contributed by atoms with Gasteiger partial charge in [0.15, 0.2) is 0 Å². The molecule has 2 amide bonds. The van der Waals surface area contributed by atoms with Crippen LogP contribution in [-0.4, -0.2) is 52.0 Å². The third-order valence-corrected chi connectivity index (χ3v) is 6.64. The van der Waals surface area contributed by atoms with E-state index >= 15 is 0 Å². The lowest BCUT2D eigenvalue weighted by Crippen LogP contribution is -2.32. The van der Waals surface area contributed by atoms with E-state index in [2.05, 4.69) is 10.3 Å². The Bertz CT molecular complexity index is 827. The molecular weight excluding hydrogens is 427 g/mol. The van der Waals surface area contributed by atoms with Gasteiger partial charge in [-0.15, -0.1) is 0 Å². The maximum Gasteiger partial charge on any atom is 0.490 e. The number of rotatable bonds is 5. The number of aromatic nitrogens is 1. The number of hydrogen-bond donors (Lipinski definition) is 2. The molecule has 2 atom stereocenters. The van der Waals surface area contributed by atoms with Crippen LogP contribution in [0.1, 0.15) is 50.5 Å². The SMILES string of the molecule is O=C(NCc1ccncc1)C1CC12CCN(C(=O)CC1CCCC1)C2.O=C(O)C(F)(F)F. The summed E-state index contributed by atoms with van der Waals surface area (Å²) in [7, 11) is 0. The highest BCUT2D eigenvalue weighted by Gasteiger charge is 2.61. The van der Waals surface area contributed by atoms with Crippen molar-refractivity contribution in [2.75, 3.05) is 13.1 Å². The molecule has 2 unspecified atom stereocenters. The minimum absolute atomic E-state index is 0.0632. The zero-order valence-corrected chi connectivity index (χ0v) is 17.7. The van der Waals surface area contributed by atoms with Gasteiger partial charge in [-0.2, -0.15) is 13.2 Å². The van der Waals surface area contributed by atoms with Gasteiger partial charge in [-0.3, -0.25) is 14.6 Å². The molecule has 1 aliphatic heterocycles. The van der Waals surface area contributed by atoms with Crippen LogP contribution < -0.4 is 5.32 Å². The Labute approximate surface area is 184 Å². The third-order valence-electron chi connectivity index (χ3n) is 6.64. The Morgan fingerprint density at radius 1 is 1.19 bits per heavy atom. The van der Waals surface area contributed by atoms with Gasteiger partial charge in [0.05, 0.1) is 0 Å². The van der Waals surface area contributed by atoms with Crippen LogP contribution in [0, 0.1) is 17.3 Å². The van der Waals surface area contributed by atoms with Gasteiger partial charge >= 0.3 is 12.1 Å². The smallest absolute Gasteiger partial charge is 0.475 e. The molecule has 2 aliphatic carbocycles. The van der Waals surface area contributed by atoms with Crippen molar-refractivity contribution in [3.63, 3.8) is 0 Å². The minimum atomic E-state index is -5.08. The lowest BCUT2D eigenvalue weighted by molar-refractivity contribution is -0.192. The Balaban J connectivity index is 0.000000360. The second-order valence-corrected chi connectivity index (χ2v) is 8.92. The average Bonchev–Trinajstić information content (AvgIpc) is 3.06. The molecule has 1 aromatic heterocycles. The van der Waals surface area contributed by atoms with Crippen molar-refractivity contribution >= 4 is 17.8 Å². The van der Waals surface area contributed by atoms with Crippen molar-refractivity contribution in [2.45, 2.75) is 57.7 Å². The van der Waals surface area contributed by atoms with Gasteiger partial charge in [-0.05, 0) is 49.3 Å². The number of halogens is 3. The molecule has 7 nitrogen and oxygen atoms in total. The summed E-state index contributed by atoms with van der Waals surface area (Å²) >= 11 is 0. The summed E-state index contributed by atoms with van der Waals surface area (Å²) in [6.45, 7) is 2.17. The van der Waals surface area contributed by atoms with Gasteiger partial charge in [0.25, 0.3) is 0 Å². The number of hydrogen-bond acceptors (Lipinski definition) is 4. The number of carbonyl (C=O) groups is 3. The largest absolute Gasteiger partial charge is 0.490 e. The summed E-state index contributed by atoms with van der Waals surface area (Å²) in [5.41, 5.74) is 1.13. The summed E-state index contributed by atoms with van der Waals surface area (Å²) < 4.78 is 31.7. The summed E-state index contributed by atoms with van der Waals surface area (Å²) in [6, 6.07) is 3.84. The van der Waals surface area contributed by atoms with E-state index in [4.69, 9.17) is 9.90 Å². The predicted octanol–water partition coefficient (Wildman–Crippen LogP) is 3.15. The van der Waals surface area contributed by atoms with Crippen LogP contribution in [0.4, 0.5) is 13.2 Å². The Morgan fingerprint density at radius 2 is 1.81 bits per heavy atom. The van der Waals surface area contributed by atoms with Crippen LogP contribution in [0.3, 0.4) is 0 Å². The predicted molar refractivity (Wildman–Crippen MR) is 108 cm³/mol. The number of amides is 2. The number of carboxylic acid groups (broad SMARTS) is 1. The van der Waals surface area contributed by atoms with Crippen LogP contribution in [0.15, 0.2) is 24.5 Å². The quantitative estimate of drug-likeness (QED) is 0.711. The van der Waals surface area contributed by atoms with Crippen molar-refractivity contribution in [3.8, 4) is 0 Å². The van der Waals surface area contributed by atoms with E-state index < -0.39 is 12.1 Å². The first-order valence-corrected chi connectivity index (χ1v) is 10.9. The molecule has 0 radical (unpaired) electrons. The van der Waals surface area contributed by atoms with Crippen molar-refractivity contribution in [1.82, 2.24) is 15.2 Å². The molecule has 1 aromatic rings. The second kappa shape index (κ2) is 9.87. The number of nitrogens with one attached hydrogen (secondary N) is 1. The Hall–Kier alpha value is -2.65. The lowest BCUT2D eigenvalue weighted by Gasteiger charge is -2.19. The van der Waals surface area contributed by atoms with Gasteiger partial charge in [-0.1, -0.05) is 12.8 Å². The van der Waals surface area contributed by atoms with E-state index in [-0.39, 0.29) is 17.2 Å². The third kappa shape index (κ3) is 6.20. The summed E-state index contributed by atoms with van der Waals surface area (Å²) in [4.78, 5) is 39.9. The first-order chi connectivity index (χ1) is 15.1. The standard InChI is InChI=1S/C20H27N3O2.C2HF3O2/c24-18(11-15-3-1-2-4-15)23-10-7-20(14-23)12-17(20)19(25)22-13-16-5-8-21-9-6-16;3-2(4,5)1(6)7/h5-6,8-9,15,17H,1-4,7,10-14H2,(H,22,25);(H,6,7). The van der Waals surface area contributed by atoms with Gasteiger partial charge in [-0.25, -0.2) is 4.79 Å². The molecule has 3 aliphatic rings. The topological polar surface area (TPSA) is 99.6 Å². The van der Waals surface area contributed by atoms with Gasteiger partial charge in [0, 0.05) is 49.8 Å². The molecule has 3 fully saturated rings. The molecular formula is C22H28F3N3O4. The fraction of sp³-hybridized carbons (Fsp3) is 0.636. The Kier molecular flexibility index (Phi) is 7.40. The minimum Gasteiger partial charge on any atom is -0.475 e. The number of likely N-dealkylation sites (tertiary alicyclic amines) is 1. The maximum atomic E-state index is 12.5. The fourth-order valence-corrected chi connectivity index (χ4v) is 4.68. The van der Waals surface area contributed by atoms with E-state index in [9.17, 15) is 22.8 Å². The Morgan fingerprint density at radius 3 is 2.41 bits per heavy atom. The highest BCUT2D eigenvalue weighted by Crippen LogP contribution is 2.58. The molecule has 0 bridgehead atoms. The van der Waals surface area contributed by atoms with Crippen molar-refractivity contribution in [1.29, 1.82) is 0 Å². The monoisotopic (exact) mass is 455 g/mol. The van der Waals surface area contributed by atoms with Gasteiger partial charge < -0.3 is 15.3 Å². The molecule has 1 spiro atoms. The number of alkyl halides is 3. The first kappa shape index (κ1) is 24.0. The van der Waals surface area contributed by atoms with Crippen molar-refractivity contribution in [3.05, 3.63) is 30.1 Å². The van der Waals surface area contributed by atoms with Gasteiger partial charge in [0.2, 0.25) is 11.8 Å². The number of pyridine rings is 1. The number of carboxylic acids is 1. The average molecular weight is 455 g/mol. The zero-order valence-electron chi connectivity index (χ0n) is 17.7. The normalized spacial score (nSPS) is 24.7. The molecule has 176 valence electrons. The van der Waals surface area contributed by atoms with Crippen LogP contribution >= 0.6 is 0 Å². The molecule has 2 saturated carbocycles. The molecule has 32 heavy (non-hydrogen) atoms. The van der Waals surface area contributed by atoms with E-state index in [1.165, 1.54) is 25.7 Å². The first-order valence-electron chi connectivity index (χ1n) is 10.9. The van der Waals surface area contributed by atoms with Crippen molar-refractivity contribution in [2.24, 2.45) is 17.3 Å². The summed E-state index contributed by atoms with van der Waals surface area (Å²) in [6.07, 6.45) is 6.02. The van der Waals surface area contributed by atoms with Crippen LogP contribution in [0.5, 0.6) is 0 Å². The van der Waals surface area contributed by atoms with Gasteiger partial charge in [0.1, 0.15) is 0 Å². The number of carbonyl (C=O) groups excluding carboxylic acids is 2. The van der Waals surface area contributed by atoms with Crippen LogP contribution in [-0.2, 0) is 20.9 Å². The van der Waals surface area contributed by atoms with E-state index in [1.54, 1.807) is 12.4 Å². The maximum absolute atomic E-state index is 12.5. The molecule has 1 saturated heterocycles. The highest BCUT2D eigenvalue weighted by atomic mass is 19.4. The molecule has 2 N–H and O–H groups in total.